The van der Waals surface area contributed by atoms with Crippen molar-refractivity contribution >= 4 is 11.8 Å². The van der Waals surface area contributed by atoms with Crippen LogP contribution >= 0.6 is 0 Å². The molecule has 6 heteroatoms. The van der Waals surface area contributed by atoms with E-state index >= 15 is 0 Å². The number of nitrogens with two attached hydrogens (primary N) is 1. The van der Waals surface area contributed by atoms with E-state index in [2.05, 4.69) is 5.10 Å². The summed E-state index contributed by atoms with van der Waals surface area (Å²) in [6.07, 6.45) is 5.02. The van der Waals surface area contributed by atoms with Gasteiger partial charge in [-0.2, -0.15) is 5.10 Å². The third-order valence-electron chi connectivity index (χ3n) is 4.28. The van der Waals surface area contributed by atoms with Crippen LogP contribution in [0.1, 0.15) is 28.8 Å². The van der Waals surface area contributed by atoms with Crippen molar-refractivity contribution in [3.05, 3.63) is 47.8 Å². The molecule has 0 spiro atoms. The summed E-state index contributed by atoms with van der Waals surface area (Å²) < 4.78 is 1.78. The van der Waals surface area contributed by atoms with Crippen LogP contribution in [0.15, 0.2) is 36.7 Å². The van der Waals surface area contributed by atoms with Crippen LogP contribution in [0, 0.1) is 12.8 Å². The van der Waals surface area contributed by atoms with Crippen LogP contribution in [0.3, 0.4) is 0 Å². The van der Waals surface area contributed by atoms with Gasteiger partial charge in [-0.15, -0.1) is 0 Å². The Balaban J connectivity index is 1.68. The number of piperidine rings is 1. The zero-order valence-corrected chi connectivity index (χ0v) is 13.1. The lowest BCUT2D eigenvalue weighted by atomic mass is 9.96. The van der Waals surface area contributed by atoms with Crippen molar-refractivity contribution in [2.45, 2.75) is 19.8 Å². The second-order valence-electron chi connectivity index (χ2n) is 5.98. The van der Waals surface area contributed by atoms with Crippen molar-refractivity contribution in [2.75, 3.05) is 13.1 Å². The quantitative estimate of drug-likeness (QED) is 0.933. The number of nitrogens with zero attached hydrogens (tertiary/aromatic N) is 3. The van der Waals surface area contributed by atoms with Crippen LogP contribution in [-0.4, -0.2) is 39.6 Å². The fourth-order valence-electron chi connectivity index (χ4n) is 2.86. The number of aryl methyl sites for hydroxylation is 1. The van der Waals surface area contributed by atoms with E-state index in [4.69, 9.17) is 5.73 Å². The molecule has 2 heterocycles. The minimum absolute atomic E-state index is 0.00360. The molecule has 120 valence electrons. The summed E-state index contributed by atoms with van der Waals surface area (Å²) in [5.41, 5.74) is 7.98. The number of primary amides is 1. The number of likely N-dealkylation sites (tertiary alicyclic amines) is 1. The Morgan fingerprint density at radius 3 is 2.35 bits per heavy atom. The van der Waals surface area contributed by atoms with Gasteiger partial charge in [0.2, 0.25) is 5.91 Å². The van der Waals surface area contributed by atoms with Gasteiger partial charge >= 0.3 is 0 Å². The Labute approximate surface area is 134 Å². The van der Waals surface area contributed by atoms with Crippen LogP contribution < -0.4 is 5.73 Å². The number of rotatable bonds is 3. The van der Waals surface area contributed by atoms with Gasteiger partial charge in [0, 0.05) is 30.8 Å². The molecule has 2 aromatic rings. The first-order valence-corrected chi connectivity index (χ1v) is 7.75. The highest BCUT2D eigenvalue weighted by molar-refractivity contribution is 5.94. The van der Waals surface area contributed by atoms with Gasteiger partial charge in [0.15, 0.2) is 0 Å². The van der Waals surface area contributed by atoms with Crippen LogP contribution in [0.5, 0.6) is 0 Å². The van der Waals surface area contributed by atoms with Crippen molar-refractivity contribution in [2.24, 2.45) is 11.7 Å². The standard InChI is InChI=1S/C17H20N4O2/c1-12-10-19-21(11-12)15-4-2-14(3-5-15)17(23)20-8-6-13(7-9-20)16(18)22/h2-5,10-11,13H,6-9H2,1H3,(H2,18,22). The predicted octanol–water partition coefficient (Wildman–Crippen LogP) is 1.52. The SMILES string of the molecule is Cc1cnn(-c2ccc(C(=O)N3CCC(C(N)=O)CC3)cc2)c1. The number of carbonyl (C=O) groups excluding carboxylic acids is 2. The Kier molecular flexibility index (Phi) is 4.14. The largest absolute Gasteiger partial charge is 0.369 e. The summed E-state index contributed by atoms with van der Waals surface area (Å²) in [5, 5.41) is 4.25. The monoisotopic (exact) mass is 312 g/mol. The normalized spacial score (nSPS) is 15.6. The maximum atomic E-state index is 12.5. The van der Waals surface area contributed by atoms with Crippen molar-refractivity contribution in [3.8, 4) is 5.69 Å². The molecule has 0 unspecified atom stereocenters. The molecule has 1 aliphatic heterocycles. The summed E-state index contributed by atoms with van der Waals surface area (Å²) in [6.45, 7) is 3.14. The van der Waals surface area contributed by atoms with Crippen LogP contribution in [0.4, 0.5) is 0 Å². The molecular weight excluding hydrogens is 292 g/mol. The topological polar surface area (TPSA) is 81.2 Å². The van der Waals surface area contributed by atoms with Crippen molar-refractivity contribution in [3.63, 3.8) is 0 Å². The number of amides is 2. The van der Waals surface area contributed by atoms with Crippen LogP contribution in [0.25, 0.3) is 5.69 Å². The van der Waals surface area contributed by atoms with E-state index in [1.165, 1.54) is 0 Å². The summed E-state index contributed by atoms with van der Waals surface area (Å²) >= 11 is 0. The van der Waals surface area contributed by atoms with E-state index in [1.54, 1.807) is 15.8 Å². The Morgan fingerprint density at radius 1 is 1.17 bits per heavy atom. The van der Waals surface area contributed by atoms with Crippen LogP contribution in [-0.2, 0) is 4.79 Å². The third-order valence-corrected chi connectivity index (χ3v) is 4.28. The molecule has 1 aromatic heterocycles. The third kappa shape index (κ3) is 3.26. The molecule has 1 fully saturated rings. The first-order chi connectivity index (χ1) is 11.0. The number of carbonyl (C=O) groups is 2. The minimum Gasteiger partial charge on any atom is -0.369 e. The number of benzene rings is 1. The van der Waals surface area contributed by atoms with Gasteiger partial charge in [0.1, 0.15) is 0 Å². The van der Waals surface area contributed by atoms with E-state index in [1.807, 2.05) is 37.4 Å². The molecule has 0 radical (unpaired) electrons. The fraction of sp³-hybridized carbons (Fsp3) is 0.353. The fourth-order valence-corrected chi connectivity index (χ4v) is 2.86. The summed E-state index contributed by atoms with van der Waals surface area (Å²) in [4.78, 5) is 25.5. The van der Waals surface area contributed by atoms with E-state index in [0.717, 1.165) is 11.3 Å². The maximum Gasteiger partial charge on any atom is 0.253 e. The first-order valence-electron chi connectivity index (χ1n) is 7.75. The molecule has 0 aliphatic carbocycles. The molecule has 2 N–H and O–H groups in total. The number of hydrogen-bond acceptors (Lipinski definition) is 3. The maximum absolute atomic E-state index is 12.5. The Bertz CT molecular complexity index is 712. The summed E-state index contributed by atoms with van der Waals surface area (Å²) in [5.74, 6) is -0.378. The second-order valence-corrected chi connectivity index (χ2v) is 5.98. The highest BCUT2D eigenvalue weighted by atomic mass is 16.2. The lowest BCUT2D eigenvalue weighted by molar-refractivity contribution is -0.123. The smallest absolute Gasteiger partial charge is 0.253 e. The van der Waals surface area contributed by atoms with Crippen molar-refractivity contribution in [1.29, 1.82) is 0 Å². The van der Waals surface area contributed by atoms with Gasteiger partial charge < -0.3 is 10.6 Å². The molecule has 0 saturated carbocycles. The van der Waals surface area contributed by atoms with Gasteiger partial charge in [0.25, 0.3) is 5.91 Å². The molecule has 2 amide bonds. The van der Waals surface area contributed by atoms with E-state index in [-0.39, 0.29) is 17.7 Å². The molecule has 23 heavy (non-hydrogen) atoms. The molecule has 1 aromatic carbocycles. The van der Waals surface area contributed by atoms with E-state index < -0.39 is 0 Å². The van der Waals surface area contributed by atoms with Gasteiger partial charge in [-0.3, -0.25) is 9.59 Å². The summed E-state index contributed by atoms with van der Waals surface area (Å²) in [6, 6.07) is 7.40. The first kappa shape index (κ1) is 15.3. The van der Waals surface area contributed by atoms with Gasteiger partial charge in [-0.25, -0.2) is 4.68 Å². The average molecular weight is 312 g/mol. The Hall–Kier alpha value is -2.63. The zero-order valence-electron chi connectivity index (χ0n) is 13.1. The lowest BCUT2D eigenvalue weighted by Gasteiger charge is -2.30. The molecule has 0 bridgehead atoms. The molecule has 0 atom stereocenters. The van der Waals surface area contributed by atoms with Crippen molar-refractivity contribution < 1.29 is 9.59 Å². The van der Waals surface area contributed by atoms with E-state index in [0.29, 0.717) is 31.5 Å². The molecule has 1 saturated heterocycles. The second kappa shape index (κ2) is 6.24. The Morgan fingerprint density at radius 2 is 1.83 bits per heavy atom. The highest BCUT2D eigenvalue weighted by Crippen LogP contribution is 2.19. The van der Waals surface area contributed by atoms with Gasteiger partial charge in [-0.1, -0.05) is 0 Å². The molecule has 6 nitrogen and oxygen atoms in total. The van der Waals surface area contributed by atoms with Gasteiger partial charge in [-0.05, 0) is 49.6 Å². The molecule has 1 aliphatic rings. The van der Waals surface area contributed by atoms with Crippen LogP contribution in [0.2, 0.25) is 0 Å². The summed E-state index contributed by atoms with van der Waals surface area (Å²) in [7, 11) is 0. The van der Waals surface area contributed by atoms with E-state index in [9.17, 15) is 9.59 Å². The minimum atomic E-state index is -0.268. The number of aromatic nitrogens is 2. The predicted molar refractivity (Wildman–Crippen MR) is 86.1 cm³/mol. The molecule has 3 rings (SSSR count). The number of hydrogen-bond donors (Lipinski definition) is 1. The zero-order chi connectivity index (χ0) is 16.4. The van der Waals surface area contributed by atoms with Gasteiger partial charge in [0.05, 0.1) is 11.9 Å². The highest BCUT2D eigenvalue weighted by Gasteiger charge is 2.26. The van der Waals surface area contributed by atoms with Crippen molar-refractivity contribution in [1.82, 2.24) is 14.7 Å². The average Bonchev–Trinajstić information content (AvgIpc) is 3.01. The lowest BCUT2D eigenvalue weighted by Crippen LogP contribution is -2.41. The molecular formula is C17H20N4O2.